The third-order valence-electron chi connectivity index (χ3n) is 13.2. The van der Waals surface area contributed by atoms with E-state index >= 15 is 0 Å². The first-order valence-corrected chi connectivity index (χ1v) is 20.1. The lowest BCUT2D eigenvalue weighted by Crippen LogP contribution is -2.66. The van der Waals surface area contributed by atoms with E-state index in [4.69, 9.17) is 0 Å². The van der Waals surface area contributed by atoms with Crippen LogP contribution in [0.4, 0.5) is 0 Å². The highest BCUT2D eigenvalue weighted by molar-refractivity contribution is 6.06. The molecule has 2 aromatic rings. The molecule has 6 fully saturated rings. The molecule has 8 aliphatic rings. The number of carbonyl (C=O) groups excluding carboxylic acids is 6. The molecule has 6 amide bonds. The van der Waals surface area contributed by atoms with E-state index in [-0.39, 0.29) is 59.4 Å². The molecule has 292 valence electrons. The van der Waals surface area contributed by atoms with Crippen LogP contribution in [0.15, 0.2) is 36.4 Å². The highest BCUT2D eigenvalue weighted by Gasteiger charge is 2.56. The van der Waals surface area contributed by atoms with Gasteiger partial charge in [0.15, 0.2) is 0 Å². The molecule has 5 N–H and O–H groups in total. The molecule has 2 saturated heterocycles. The molecule has 4 aliphatic heterocycles. The standard InChI is InChI=1S/C21H25N3O4.C21H27N3O3/c25-17-5-4-16(18(26)23-17)24-10-14-8-13(2-3-15(14)19(24)27)9-22-20-6-1-7-21(28,11-20)12-20;1-21(9-3-2-4-10-21)22-12-14-5-6-16-15(11-14)13-24(20(16)27)17-7-8-18(25)23-19(17)26/h2-3,8,16,22,28H,1,4-7,9-12H2,(H,23,25,26);5-6,11,17,22H,2-4,7-10,12-13H2,1H3,(H,23,25,26). The Bertz CT molecular complexity index is 1930. The molecule has 55 heavy (non-hydrogen) atoms. The van der Waals surface area contributed by atoms with Gasteiger partial charge in [0.1, 0.15) is 12.1 Å². The van der Waals surface area contributed by atoms with Gasteiger partial charge < -0.3 is 25.5 Å². The van der Waals surface area contributed by atoms with Crippen LogP contribution in [-0.2, 0) is 45.4 Å². The molecule has 2 bridgehead atoms. The van der Waals surface area contributed by atoms with E-state index in [0.29, 0.717) is 43.6 Å². The van der Waals surface area contributed by atoms with Crippen LogP contribution in [0.25, 0.3) is 0 Å². The average Bonchev–Trinajstić information content (AvgIpc) is 3.65. The number of aliphatic hydroxyl groups is 1. The first kappa shape index (κ1) is 37.5. The second kappa shape index (κ2) is 14.6. The van der Waals surface area contributed by atoms with Gasteiger partial charge in [-0.1, -0.05) is 43.5 Å². The van der Waals surface area contributed by atoms with Crippen molar-refractivity contribution in [3.05, 3.63) is 69.8 Å². The van der Waals surface area contributed by atoms with Crippen molar-refractivity contribution in [3.63, 3.8) is 0 Å². The van der Waals surface area contributed by atoms with Crippen LogP contribution in [0.5, 0.6) is 0 Å². The Hall–Kier alpha value is -4.46. The topological polar surface area (TPSA) is 177 Å². The number of nitrogens with one attached hydrogen (secondary N) is 4. The number of hydrogen-bond donors (Lipinski definition) is 5. The second-order valence-corrected chi connectivity index (χ2v) is 17.3. The highest BCUT2D eigenvalue weighted by atomic mass is 16.3. The SMILES string of the molecule is CC1(NCc2ccc3c(c2)CN(C2CCC(=O)NC2=O)C3=O)CCCCC1.O=C1CCC(N2Cc3cc(CNC45CCCC(O)(C4)C5)ccc3C2=O)C(=O)N1. The van der Waals surface area contributed by atoms with Gasteiger partial charge in [-0.3, -0.25) is 39.4 Å². The van der Waals surface area contributed by atoms with Gasteiger partial charge in [-0.05, 0) is 99.1 Å². The quantitative estimate of drug-likeness (QED) is 0.254. The van der Waals surface area contributed by atoms with Crippen LogP contribution in [0.3, 0.4) is 0 Å². The van der Waals surface area contributed by atoms with Crippen LogP contribution >= 0.6 is 0 Å². The van der Waals surface area contributed by atoms with Crippen LogP contribution in [0, 0.1) is 0 Å². The van der Waals surface area contributed by atoms with E-state index in [1.165, 1.54) is 37.7 Å². The van der Waals surface area contributed by atoms with E-state index in [9.17, 15) is 33.9 Å². The molecule has 0 aromatic heterocycles. The average molecular weight is 753 g/mol. The summed E-state index contributed by atoms with van der Waals surface area (Å²) in [4.78, 5) is 75.7. The molecular weight excluding hydrogens is 700 g/mol. The summed E-state index contributed by atoms with van der Waals surface area (Å²) in [5.74, 6) is -1.53. The van der Waals surface area contributed by atoms with Crippen LogP contribution < -0.4 is 21.3 Å². The maximum absolute atomic E-state index is 12.7. The number of piperidine rings is 2. The van der Waals surface area contributed by atoms with Crippen molar-refractivity contribution in [2.45, 2.75) is 152 Å². The summed E-state index contributed by atoms with van der Waals surface area (Å²) in [6.07, 6.45) is 12.4. The maximum Gasteiger partial charge on any atom is 0.255 e. The highest BCUT2D eigenvalue weighted by Crippen LogP contribution is 2.52. The summed E-state index contributed by atoms with van der Waals surface area (Å²) < 4.78 is 0. The Morgan fingerprint density at radius 2 is 1.18 bits per heavy atom. The van der Waals surface area contributed by atoms with Crippen LogP contribution in [0.1, 0.15) is 140 Å². The van der Waals surface area contributed by atoms with Crippen LogP contribution in [0.2, 0.25) is 0 Å². The fourth-order valence-corrected chi connectivity index (χ4v) is 10.1. The van der Waals surface area contributed by atoms with Crippen molar-refractivity contribution in [3.8, 4) is 0 Å². The van der Waals surface area contributed by atoms with Gasteiger partial charge in [-0.2, -0.15) is 0 Å². The monoisotopic (exact) mass is 752 g/mol. The Morgan fingerprint density at radius 3 is 1.67 bits per heavy atom. The molecule has 13 nitrogen and oxygen atoms in total. The summed E-state index contributed by atoms with van der Waals surface area (Å²) in [5.41, 5.74) is 5.28. The summed E-state index contributed by atoms with van der Waals surface area (Å²) in [6, 6.07) is 10.7. The molecule has 2 aromatic carbocycles. The van der Waals surface area contributed by atoms with Crippen molar-refractivity contribution in [1.82, 2.24) is 31.1 Å². The third kappa shape index (κ3) is 7.58. The normalized spacial score (nSPS) is 29.5. The lowest BCUT2D eigenvalue weighted by molar-refractivity contribution is -0.138. The molecule has 4 heterocycles. The largest absolute Gasteiger partial charge is 0.390 e. The van der Waals surface area contributed by atoms with Gasteiger partial charge >= 0.3 is 0 Å². The number of fused-ring (bicyclic) bond motifs is 4. The molecule has 4 saturated carbocycles. The smallest absolute Gasteiger partial charge is 0.255 e. The number of hydrogen-bond acceptors (Lipinski definition) is 9. The van der Waals surface area contributed by atoms with Crippen molar-refractivity contribution in [1.29, 1.82) is 0 Å². The van der Waals surface area contributed by atoms with E-state index in [1.807, 2.05) is 30.3 Å². The predicted molar refractivity (Wildman–Crippen MR) is 201 cm³/mol. The molecule has 4 aliphatic carbocycles. The van der Waals surface area contributed by atoms with Gasteiger partial charge in [-0.25, -0.2) is 0 Å². The molecule has 13 heteroatoms. The Balaban J connectivity index is 0.000000155. The van der Waals surface area contributed by atoms with E-state index in [0.717, 1.165) is 55.3 Å². The molecule has 0 spiro atoms. The van der Waals surface area contributed by atoms with Gasteiger partial charge in [0.05, 0.1) is 5.60 Å². The first-order chi connectivity index (χ1) is 26.3. The molecule has 0 radical (unpaired) electrons. The number of nitrogens with zero attached hydrogens (tertiary/aromatic N) is 2. The van der Waals surface area contributed by atoms with E-state index < -0.39 is 17.7 Å². The molecule has 2 atom stereocenters. The number of amides is 6. The fourth-order valence-electron chi connectivity index (χ4n) is 10.1. The minimum Gasteiger partial charge on any atom is -0.390 e. The molecular formula is C42H52N6O7. The first-order valence-electron chi connectivity index (χ1n) is 20.1. The fraction of sp³-hybridized carbons (Fsp3) is 0.571. The van der Waals surface area contributed by atoms with E-state index in [1.54, 1.807) is 9.80 Å². The summed E-state index contributed by atoms with van der Waals surface area (Å²) in [5, 5.41) is 22.3. The lowest BCUT2D eigenvalue weighted by Gasteiger charge is -2.58. The minimum absolute atomic E-state index is 0.0561. The van der Waals surface area contributed by atoms with Gasteiger partial charge in [0.25, 0.3) is 11.8 Å². The van der Waals surface area contributed by atoms with Crippen molar-refractivity contribution in [2.24, 2.45) is 0 Å². The summed E-state index contributed by atoms with van der Waals surface area (Å²) >= 11 is 0. The Labute approximate surface area is 321 Å². The van der Waals surface area contributed by atoms with Crippen LogP contribution in [-0.4, -0.2) is 79.1 Å². The predicted octanol–water partition coefficient (Wildman–Crippen LogP) is 3.24. The van der Waals surface area contributed by atoms with Crippen molar-refractivity contribution < 1.29 is 33.9 Å². The number of carbonyl (C=O) groups is 6. The zero-order valence-corrected chi connectivity index (χ0v) is 31.6. The third-order valence-corrected chi connectivity index (χ3v) is 13.2. The minimum atomic E-state index is -0.576. The summed E-state index contributed by atoms with van der Waals surface area (Å²) in [7, 11) is 0. The second-order valence-electron chi connectivity index (χ2n) is 17.3. The zero-order valence-electron chi connectivity index (χ0n) is 31.6. The number of benzene rings is 2. The van der Waals surface area contributed by atoms with Crippen molar-refractivity contribution >= 4 is 35.4 Å². The Kier molecular flexibility index (Phi) is 9.92. The molecule has 2 unspecified atom stereocenters. The maximum atomic E-state index is 12.7. The lowest BCUT2D eigenvalue weighted by atomic mass is 9.56. The zero-order chi connectivity index (χ0) is 38.5. The number of rotatable bonds is 8. The summed E-state index contributed by atoms with van der Waals surface area (Å²) in [6.45, 7) is 4.63. The van der Waals surface area contributed by atoms with Crippen molar-refractivity contribution in [2.75, 3.05) is 0 Å². The van der Waals surface area contributed by atoms with Gasteiger partial charge in [-0.15, -0.1) is 0 Å². The number of imide groups is 2. The van der Waals surface area contributed by atoms with Gasteiger partial charge in [0, 0.05) is 61.2 Å². The van der Waals surface area contributed by atoms with E-state index in [2.05, 4.69) is 34.3 Å². The molecule has 10 rings (SSSR count). The Morgan fingerprint density at radius 1 is 0.673 bits per heavy atom. The van der Waals surface area contributed by atoms with Gasteiger partial charge in [0.2, 0.25) is 23.6 Å².